The van der Waals surface area contributed by atoms with Crippen molar-refractivity contribution in [1.82, 2.24) is 4.98 Å². The summed E-state index contributed by atoms with van der Waals surface area (Å²) in [5.74, 6) is -1.11. The van der Waals surface area contributed by atoms with Crippen molar-refractivity contribution in [1.29, 1.82) is 0 Å². The fourth-order valence-electron chi connectivity index (χ4n) is 1.50. The summed E-state index contributed by atoms with van der Waals surface area (Å²) < 4.78 is 38.4. The van der Waals surface area contributed by atoms with Crippen LogP contribution in [0, 0.1) is 6.92 Å². The number of alkyl halides is 3. The molecule has 17 heavy (non-hydrogen) atoms. The third kappa shape index (κ3) is 1.71. The Hall–Kier alpha value is -1.79. The van der Waals surface area contributed by atoms with Crippen molar-refractivity contribution in [3.8, 4) is 0 Å². The maximum atomic E-state index is 12.8. The molecule has 0 fully saturated rings. The minimum Gasteiger partial charge on any atom is -0.347 e. The quantitative estimate of drug-likeness (QED) is 0.735. The molecule has 1 atom stereocenters. The smallest absolute Gasteiger partial charge is 0.347 e. The van der Waals surface area contributed by atoms with Gasteiger partial charge < -0.3 is 10.6 Å². The Balaban J connectivity index is 2.47. The van der Waals surface area contributed by atoms with Crippen LogP contribution in [0.4, 0.5) is 24.7 Å². The number of nitrogens with zero attached hydrogens (tertiary/aromatic N) is 1. The van der Waals surface area contributed by atoms with Crippen molar-refractivity contribution in [3.63, 3.8) is 0 Å². The average Bonchev–Trinajstić information content (AvgIpc) is 2.19. The Bertz CT molecular complexity index is 486. The molecule has 1 aromatic rings. The van der Waals surface area contributed by atoms with Gasteiger partial charge in [-0.15, -0.1) is 0 Å². The van der Waals surface area contributed by atoms with Crippen LogP contribution in [0.2, 0.25) is 0 Å². The predicted octanol–water partition coefficient (Wildman–Crippen LogP) is 2.08. The monoisotopic (exact) mass is 245 g/mol. The molecule has 1 aliphatic heterocycles. The normalized spacial score (nSPS) is 23.7. The predicted molar refractivity (Wildman–Crippen MR) is 55.7 cm³/mol. The molecular formula is C10H10F3N3O. The molecule has 1 aliphatic rings. The lowest BCUT2D eigenvalue weighted by Crippen LogP contribution is -2.60. The molecule has 0 spiro atoms. The molecule has 2 rings (SSSR count). The van der Waals surface area contributed by atoms with E-state index >= 15 is 0 Å². The van der Waals surface area contributed by atoms with Crippen molar-refractivity contribution in [2.45, 2.75) is 25.6 Å². The first-order valence-corrected chi connectivity index (χ1v) is 4.87. The van der Waals surface area contributed by atoms with Gasteiger partial charge in [0.2, 0.25) is 5.54 Å². The van der Waals surface area contributed by atoms with E-state index in [1.54, 1.807) is 13.0 Å². The molecule has 92 valence electrons. The number of anilines is 2. The van der Waals surface area contributed by atoms with Crippen molar-refractivity contribution in [2.75, 3.05) is 10.6 Å². The summed E-state index contributed by atoms with van der Waals surface area (Å²) in [7, 11) is 0. The molecule has 0 saturated carbocycles. The number of aryl methyl sites for hydroxylation is 1. The van der Waals surface area contributed by atoms with Crippen molar-refractivity contribution in [2.24, 2.45) is 0 Å². The maximum Gasteiger partial charge on any atom is 0.420 e. The van der Waals surface area contributed by atoms with Crippen LogP contribution in [-0.2, 0) is 4.79 Å². The van der Waals surface area contributed by atoms with Gasteiger partial charge in [0.05, 0.1) is 5.69 Å². The second kappa shape index (κ2) is 3.35. The molecule has 4 nitrogen and oxygen atoms in total. The molecule has 1 amide bonds. The SMILES string of the molecule is Cc1cnc2c(c1)NC(=O)C(C)(C(F)(F)F)N2. The summed E-state index contributed by atoms with van der Waals surface area (Å²) in [4.78, 5) is 15.4. The number of rotatable bonds is 0. The maximum absolute atomic E-state index is 12.8. The van der Waals surface area contributed by atoms with Gasteiger partial charge in [0.25, 0.3) is 5.91 Å². The largest absolute Gasteiger partial charge is 0.420 e. The van der Waals surface area contributed by atoms with E-state index < -0.39 is 17.6 Å². The van der Waals surface area contributed by atoms with Gasteiger partial charge in [-0.05, 0) is 25.5 Å². The van der Waals surface area contributed by atoms with Gasteiger partial charge in [0, 0.05) is 6.20 Å². The van der Waals surface area contributed by atoms with E-state index in [4.69, 9.17) is 0 Å². The average molecular weight is 245 g/mol. The van der Waals surface area contributed by atoms with E-state index in [0.29, 0.717) is 0 Å². The van der Waals surface area contributed by atoms with Crippen molar-refractivity contribution < 1.29 is 18.0 Å². The van der Waals surface area contributed by atoms with E-state index in [1.807, 2.05) is 0 Å². The number of hydrogen-bond donors (Lipinski definition) is 2. The minimum absolute atomic E-state index is 0.0232. The summed E-state index contributed by atoms with van der Waals surface area (Å²) >= 11 is 0. The molecule has 0 saturated heterocycles. The molecular weight excluding hydrogens is 235 g/mol. The fourth-order valence-corrected chi connectivity index (χ4v) is 1.50. The van der Waals surface area contributed by atoms with E-state index in [0.717, 1.165) is 12.5 Å². The zero-order valence-corrected chi connectivity index (χ0v) is 9.14. The van der Waals surface area contributed by atoms with Crippen LogP contribution in [0.5, 0.6) is 0 Å². The third-order valence-corrected chi connectivity index (χ3v) is 2.66. The van der Waals surface area contributed by atoms with Crippen molar-refractivity contribution >= 4 is 17.4 Å². The third-order valence-electron chi connectivity index (χ3n) is 2.66. The number of fused-ring (bicyclic) bond motifs is 1. The molecule has 0 aromatic carbocycles. The molecule has 2 N–H and O–H groups in total. The lowest BCUT2D eigenvalue weighted by Gasteiger charge is -2.36. The van der Waals surface area contributed by atoms with Gasteiger partial charge in [-0.25, -0.2) is 4.98 Å². The number of pyridine rings is 1. The van der Waals surface area contributed by atoms with Crippen LogP contribution >= 0.6 is 0 Å². The summed E-state index contributed by atoms with van der Waals surface area (Å²) in [6.07, 6.45) is -3.26. The van der Waals surface area contributed by atoms with Crippen LogP contribution in [0.3, 0.4) is 0 Å². The number of nitrogens with one attached hydrogen (secondary N) is 2. The van der Waals surface area contributed by atoms with E-state index in [9.17, 15) is 18.0 Å². The van der Waals surface area contributed by atoms with Crippen LogP contribution in [-0.4, -0.2) is 22.6 Å². The van der Waals surface area contributed by atoms with Gasteiger partial charge >= 0.3 is 6.18 Å². The van der Waals surface area contributed by atoms with Crippen molar-refractivity contribution in [3.05, 3.63) is 17.8 Å². The van der Waals surface area contributed by atoms with Gasteiger partial charge in [-0.2, -0.15) is 13.2 Å². The summed E-state index contributed by atoms with van der Waals surface area (Å²) in [6.45, 7) is 2.52. The summed E-state index contributed by atoms with van der Waals surface area (Å²) in [5, 5.41) is 4.36. The van der Waals surface area contributed by atoms with E-state index in [-0.39, 0.29) is 11.5 Å². The number of halogens is 3. The second-order valence-corrected chi connectivity index (χ2v) is 4.11. The van der Waals surface area contributed by atoms with Crippen LogP contribution in [0.1, 0.15) is 12.5 Å². The highest BCUT2D eigenvalue weighted by Gasteiger charge is 2.59. The van der Waals surface area contributed by atoms with Crippen LogP contribution in [0.15, 0.2) is 12.3 Å². The first-order chi connectivity index (χ1) is 7.74. The van der Waals surface area contributed by atoms with Crippen LogP contribution in [0.25, 0.3) is 0 Å². The number of carbonyl (C=O) groups is 1. The standard InChI is InChI=1S/C10H10F3N3O/c1-5-3-6-7(14-4-5)16-9(2,8(17)15-6)10(11,12)13/h3-4H,1-2H3,(H,14,16)(H,15,17). The molecule has 0 radical (unpaired) electrons. The Labute approximate surface area is 95.2 Å². The second-order valence-electron chi connectivity index (χ2n) is 4.11. The van der Waals surface area contributed by atoms with E-state index in [1.165, 1.54) is 6.20 Å². The Kier molecular flexibility index (Phi) is 2.30. The zero-order chi connectivity index (χ0) is 12.8. The zero-order valence-electron chi connectivity index (χ0n) is 9.14. The molecule has 7 heteroatoms. The number of aromatic nitrogens is 1. The van der Waals surface area contributed by atoms with Crippen LogP contribution < -0.4 is 10.6 Å². The summed E-state index contributed by atoms with van der Waals surface area (Å²) in [5.41, 5.74) is -1.64. The first kappa shape index (κ1) is 11.7. The van der Waals surface area contributed by atoms with Gasteiger partial charge in [-0.3, -0.25) is 4.79 Å². The number of hydrogen-bond acceptors (Lipinski definition) is 3. The topological polar surface area (TPSA) is 54.0 Å². The molecule has 2 heterocycles. The lowest BCUT2D eigenvalue weighted by molar-refractivity contribution is -0.179. The fraction of sp³-hybridized carbons (Fsp3) is 0.400. The highest BCUT2D eigenvalue weighted by Crippen LogP contribution is 2.39. The highest BCUT2D eigenvalue weighted by molar-refractivity contribution is 6.05. The van der Waals surface area contributed by atoms with Gasteiger partial charge in [0.15, 0.2) is 5.82 Å². The molecule has 1 unspecified atom stereocenters. The first-order valence-electron chi connectivity index (χ1n) is 4.87. The Morgan fingerprint density at radius 1 is 1.41 bits per heavy atom. The Morgan fingerprint density at radius 2 is 2.06 bits per heavy atom. The van der Waals surface area contributed by atoms with Gasteiger partial charge in [0.1, 0.15) is 0 Å². The summed E-state index contributed by atoms with van der Waals surface area (Å²) in [6, 6.07) is 1.56. The lowest BCUT2D eigenvalue weighted by atomic mass is 9.97. The Morgan fingerprint density at radius 3 is 2.65 bits per heavy atom. The highest BCUT2D eigenvalue weighted by atomic mass is 19.4. The van der Waals surface area contributed by atoms with Gasteiger partial charge in [-0.1, -0.05) is 0 Å². The minimum atomic E-state index is -4.69. The van der Waals surface area contributed by atoms with E-state index in [2.05, 4.69) is 15.6 Å². The molecule has 0 aliphatic carbocycles. The number of carbonyl (C=O) groups excluding carboxylic acids is 1. The molecule has 1 aromatic heterocycles. The molecule has 0 bridgehead atoms. The number of amides is 1.